The van der Waals surface area contributed by atoms with Crippen LogP contribution in [0.15, 0.2) is 53.3 Å². The van der Waals surface area contributed by atoms with Gasteiger partial charge in [-0.15, -0.1) is 0 Å². The molecule has 0 aliphatic carbocycles. The molecule has 1 aromatic carbocycles. The summed E-state index contributed by atoms with van der Waals surface area (Å²) in [5, 5.41) is 4.65. The Labute approximate surface area is 124 Å². The van der Waals surface area contributed by atoms with E-state index in [0.717, 1.165) is 35.1 Å². The zero-order valence-electron chi connectivity index (χ0n) is 12.0. The lowest BCUT2D eigenvalue weighted by Gasteiger charge is -2.17. The summed E-state index contributed by atoms with van der Waals surface area (Å²) in [5.41, 5.74) is 9.09. The normalized spacial score (nSPS) is 12.6. The fraction of sp³-hybridized carbons (Fsp3) is 0.235. The van der Waals surface area contributed by atoms with Gasteiger partial charge in [-0.05, 0) is 30.7 Å². The molecule has 0 amide bonds. The molecular weight excluding hydrogens is 262 g/mol. The van der Waals surface area contributed by atoms with Gasteiger partial charge in [0.1, 0.15) is 11.4 Å². The highest BCUT2D eigenvalue weighted by Gasteiger charge is 2.17. The van der Waals surface area contributed by atoms with Gasteiger partial charge in [0, 0.05) is 23.2 Å². The van der Waals surface area contributed by atoms with Crippen molar-refractivity contribution in [2.75, 3.05) is 12.3 Å². The zero-order valence-corrected chi connectivity index (χ0v) is 12.0. The summed E-state index contributed by atoms with van der Waals surface area (Å²) in [6.07, 6.45) is 4.34. The molecule has 1 atom stereocenters. The molecule has 1 unspecified atom stereocenters. The van der Waals surface area contributed by atoms with Crippen LogP contribution in [0.4, 0.5) is 5.82 Å². The molecule has 0 aliphatic heterocycles. The van der Waals surface area contributed by atoms with Crippen molar-refractivity contribution in [3.63, 3.8) is 0 Å². The van der Waals surface area contributed by atoms with Crippen LogP contribution in [0.25, 0.3) is 11.0 Å². The number of nitrogen functional groups attached to an aromatic ring is 1. The lowest BCUT2D eigenvalue weighted by atomic mass is 9.98. The zero-order chi connectivity index (χ0) is 14.7. The standard InChI is InChI=1S/C17H19N3O/c1-2-19-15(10-12-6-5-9-20-17(12)18)14-11-21-16-8-4-3-7-13(14)16/h3-9,11,15,19H,2,10H2,1H3,(H2,18,20). The van der Waals surface area contributed by atoms with Crippen molar-refractivity contribution in [3.05, 3.63) is 60.0 Å². The molecule has 0 radical (unpaired) electrons. The number of furan rings is 1. The van der Waals surface area contributed by atoms with Crippen LogP contribution in [0, 0.1) is 0 Å². The Morgan fingerprint density at radius 1 is 1.24 bits per heavy atom. The number of fused-ring (bicyclic) bond motifs is 1. The van der Waals surface area contributed by atoms with Crippen molar-refractivity contribution in [1.82, 2.24) is 10.3 Å². The Balaban J connectivity index is 1.96. The number of nitrogens with one attached hydrogen (secondary N) is 1. The molecule has 4 heteroatoms. The summed E-state index contributed by atoms with van der Waals surface area (Å²) < 4.78 is 5.66. The van der Waals surface area contributed by atoms with E-state index >= 15 is 0 Å². The summed E-state index contributed by atoms with van der Waals surface area (Å²) in [6.45, 7) is 2.98. The molecule has 3 rings (SSSR count). The number of aromatic nitrogens is 1. The molecule has 0 saturated heterocycles. The third kappa shape index (κ3) is 2.76. The third-order valence-corrected chi connectivity index (χ3v) is 3.69. The van der Waals surface area contributed by atoms with Gasteiger partial charge < -0.3 is 15.5 Å². The maximum atomic E-state index is 5.97. The number of para-hydroxylation sites is 1. The van der Waals surface area contributed by atoms with Crippen molar-refractivity contribution < 1.29 is 4.42 Å². The van der Waals surface area contributed by atoms with Gasteiger partial charge in [0.15, 0.2) is 0 Å². The van der Waals surface area contributed by atoms with Crippen LogP contribution in [-0.4, -0.2) is 11.5 Å². The van der Waals surface area contributed by atoms with Gasteiger partial charge in [-0.3, -0.25) is 0 Å². The van der Waals surface area contributed by atoms with Crippen molar-refractivity contribution in [3.8, 4) is 0 Å². The first-order valence-corrected chi connectivity index (χ1v) is 7.18. The minimum atomic E-state index is 0.158. The highest BCUT2D eigenvalue weighted by Crippen LogP contribution is 2.29. The molecule has 2 heterocycles. The largest absolute Gasteiger partial charge is 0.464 e. The molecule has 3 N–H and O–H groups in total. The van der Waals surface area contributed by atoms with E-state index in [1.807, 2.05) is 36.6 Å². The van der Waals surface area contributed by atoms with E-state index in [9.17, 15) is 0 Å². The topological polar surface area (TPSA) is 64.1 Å². The highest BCUT2D eigenvalue weighted by molar-refractivity contribution is 5.81. The summed E-state index contributed by atoms with van der Waals surface area (Å²) in [7, 11) is 0. The Hall–Kier alpha value is -2.33. The number of benzene rings is 1. The van der Waals surface area contributed by atoms with Gasteiger partial charge in [0.2, 0.25) is 0 Å². The van der Waals surface area contributed by atoms with Gasteiger partial charge in [-0.1, -0.05) is 31.2 Å². The second kappa shape index (κ2) is 5.97. The number of hydrogen-bond acceptors (Lipinski definition) is 4. The van der Waals surface area contributed by atoms with Crippen LogP contribution in [0.1, 0.15) is 24.1 Å². The summed E-state index contributed by atoms with van der Waals surface area (Å²) >= 11 is 0. The quantitative estimate of drug-likeness (QED) is 0.753. The van der Waals surface area contributed by atoms with Crippen molar-refractivity contribution in [2.45, 2.75) is 19.4 Å². The lowest BCUT2D eigenvalue weighted by Crippen LogP contribution is -2.23. The van der Waals surface area contributed by atoms with Crippen molar-refractivity contribution in [1.29, 1.82) is 0 Å². The minimum Gasteiger partial charge on any atom is -0.464 e. The monoisotopic (exact) mass is 281 g/mol. The lowest BCUT2D eigenvalue weighted by molar-refractivity contribution is 0.535. The number of rotatable bonds is 5. The Bertz CT molecular complexity index is 735. The first-order chi connectivity index (χ1) is 10.3. The van der Waals surface area contributed by atoms with Gasteiger partial charge >= 0.3 is 0 Å². The van der Waals surface area contributed by atoms with E-state index in [1.165, 1.54) is 0 Å². The van der Waals surface area contributed by atoms with Gasteiger partial charge in [-0.25, -0.2) is 4.98 Å². The maximum Gasteiger partial charge on any atom is 0.134 e. The second-order valence-electron chi connectivity index (χ2n) is 5.05. The van der Waals surface area contributed by atoms with Crippen molar-refractivity contribution in [2.24, 2.45) is 0 Å². The number of anilines is 1. The molecular formula is C17H19N3O. The Kier molecular flexibility index (Phi) is 3.88. The maximum absolute atomic E-state index is 5.97. The molecule has 108 valence electrons. The molecule has 0 bridgehead atoms. The SMILES string of the molecule is CCNC(Cc1cccnc1N)c1coc2ccccc12. The first-order valence-electron chi connectivity index (χ1n) is 7.18. The van der Waals surface area contributed by atoms with Crippen LogP contribution in [0.3, 0.4) is 0 Å². The Morgan fingerprint density at radius 2 is 2.10 bits per heavy atom. The van der Waals surface area contributed by atoms with E-state index in [-0.39, 0.29) is 6.04 Å². The fourth-order valence-corrected chi connectivity index (χ4v) is 2.65. The predicted molar refractivity (Wildman–Crippen MR) is 85.0 cm³/mol. The fourth-order valence-electron chi connectivity index (χ4n) is 2.65. The first kappa shape index (κ1) is 13.6. The number of nitrogens with two attached hydrogens (primary N) is 1. The van der Waals surface area contributed by atoms with Crippen LogP contribution in [0.5, 0.6) is 0 Å². The molecule has 3 aromatic rings. The highest BCUT2D eigenvalue weighted by atomic mass is 16.3. The molecule has 0 aliphatic rings. The van der Waals surface area contributed by atoms with Crippen molar-refractivity contribution >= 4 is 16.8 Å². The van der Waals surface area contributed by atoms with Gasteiger partial charge in [0.05, 0.1) is 6.26 Å². The summed E-state index contributed by atoms with van der Waals surface area (Å²) in [4.78, 5) is 4.16. The Morgan fingerprint density at radius 3 is 2.90 bits per heavy atom. The van der Waals surface area contributed by atoms with E-state index in [4.69, 9.17) is 10.2 Å². The average molecular weight is 281 g/mol. The molecule has 0 spiro atoms. The number of nitrogens with zero attached hydrogens (tertiary/aromatic N) is 1. The number of hydrogen-bond donors (Lipinski definition) is 2. The smallest absolute Gasteiger partial charge is 0.134 e. The van der Waals surface area contributed by atoms with Crippen LogP contribution in [0.2, 0.25) is 0 Å². The minimum absolute atomic E-state index is 0.158. The summed E-state index contributed by atoms with van der Waals surface area (Å²) in [6, 6.07) is 12.2. The van der Waals surface area contributed by atoms with Crippen LogP contribution in [-0.2, 0) is 6.42 Å². The van der Waals surface area contributed by atoms with E-state index in [1.54, 1.807) is 6.20 Å². The van der Waals surface area contributed by atoms with Crippen LogP contribution >= 0.6 is 0 Å². The van der Waals surface area contributed by atoms with E-state index < -0.39 is 0 Å². The van der Waals surface area contributed by atoms with E-state index in [0.29, 0.717) is 5.82 Å². The average Bonchev–Trinajstić information content (AvgIpc) is 2.93. The molecule has 2 aromatic heterocycles. The number of likely N-dealkylation sites (N-methyl/N-ethyl adjacent to an activating group) is 1. The number of pyridine rings is 1. The predicted octanol–water partition coefficient (Wildman–Crippen LogP) is 3.30. The van der Waals surface area contributed by atoms with E-state index in [2.05, 4.69) is 23.3 Å². The second-order valence-corrected chi connectivity index (χ2v) is 5.05. The molecule has 0 saturated carbocycles. The molecule has 21 heavy (non-hydrogen) atoms. The summed E-state index contributed by atoms with van der Waals surface area (Å²) in [5.74, 6) is 0.591. The van der Waals surface area contributed by atoms with Crippen LogP contribution < -0.4 is 11.1 Å². The van der Waals surface area contributed by atoms with Gasteiger partial charge in [0.25, 0.3) is 0 Å². The molecule has 0 fully saturated rings. The molecule has 4 nitrogen and oxygen atoms in total. The third-order valence-electron chi connectivity index (χ3n) is 3.69. The van der Waals surface area contributed by atoms with Gasteiger partial charge in [-0.2, -0.15) is 0 Å².